The van der Waals surface area contributed by atoms with E-state index in [-0.39, 0.29) is 5.75 Å². The van der Waals surface area contributed by atoms with Crippen molar-refractivity contribution in [3.05, 3.63) is 23.8 Å². The maximum atomic E-state index is 11.0. The summed E-state index contributed by atoms with van der Waals surface area (Å²) in [4.78, 5) is 0. The topological polar surface area (TPSA) is 64.6 Å². The Hall–Kier alpha value is -1.27. The number of methoxy groups -OCH3 is 1. The van der Waals surface area contributed by atoms with Crippen molar-refractivity contribution in [3.8, 4) is 11.5 Å². The Bertz CT molecular complexity index is 499. The molecule has 0 atom stereocenters. The van der Waals surface area contributed by atoms with E-state index in [1.54, 1.807) is 7.11 Å². The van der Waals surface area contributed by atoms with Gasteiger partial charge >= 0.3 is 0 Å². The van der Waals surface area contributed by atoms with Gasteiger partial charge in [-0.3, -0.25) is 0 Å². The summed E-state index contributed by atoms with van der Waals surface area (Å²) in [6.45, 7) is 1.06. The Kier molecular flexibility index (Phi) is 6.11. The first kappa shape index (κ1) is 15.8. The van der Waals surface area contributed by atoms with Crippen molar-refractivity contribution in [2.75, 3.05) is 32.8 Å². The van der Waals surface area contributed by atoms with E-state index in [0.29, 0.717) is 19.6 Å². The summed E-state index contributed by atoms with van der Waals surface area (Å²) < 4.78 is 32.8. The van der Waals surface area contributed by atoms with Crippen molar-refractivity contribution in [2.24, 2.45) is 0 Å². The van der Waals surface area contributed by atoms with Crippen LogP contribution in [0.1, 0.15) is 12.0 Å². The quantitative estimate of drug-likeness (QED) is 0.729. The lowest BCUT2D eigenvalue weighted by Gasteiger charge is -2.12. The van der Waals surface area contributed by atoms with Gasteiger partial charge in [0, 0.05) is 24.4 Å². The van der Waals surface area contributed by atoms with E-state index in [1.807, 2.05) is 25.2 Å². The number of hydrogen-bond acceptors (Lipinski definition) is 5. The number of sulfone groups is 1. The Morgan fingerprint density at radius 2 is 2.05 bits per heavy atom. The van der Waals surface area contributed by atoms with E-state index in [1.165, 1.54) is 6.26 Å². The van der Waals surface area contributed by atoms with E-state index in [0.717, 1.165) is 17.1 Å². The SMILES string of the molecule is CNCc1ccc(OC)cc1OCCCS(C)(=O)=O. The minimum atomic E-state index is -2.93. The summed E-state index contributed by atoms with van der Waals surface area (Å²) in [5.41, 5.74) is 1.02. The molecule has 0 radical (unpaired) electrons. The Labute approximate surface area is 114 Å². The van der Waals surface area contributed by atoms with Crippen LogP contribution in [0.15, 0.2) is 18.2 Å². The standard InChI is InChI=1S/C13H21NO4S/c1-14-10-11-5-6-12(17-2)9-13(11)18-7-4-8-19(3,15)16/h5-6,9,14H,4,7-8,10H2,1-3H3. The highest BCUT2D eigenvalue weighted by molar-refractivity contribution is 7.90. The van der Waals surface area contributed by atoms with Crippen molar-refractivity contribution in [3.63, 3.8) is 0 Å². The Morgan fingerprint density at radius 1 is 1.32 bits per heavy atom. The average Bonchev–Trinajstić information content (AvgIpc) is 2.35. The van der Waals surface area contributed by atoms with E-state index in [4.69, 9.17) is 9.47 Å². The predicted molar refractivity (Wildman–Crippen MR) is 75.6 cm³/mol. The molecule has 0 bridgehead atoms. The maximum absolute atomic E-state index is 11.0. The zero-order valence-corrected chi connectivity index (χ0v) is 12.4. The van der Waals surface area contributed by atoms with Gasteiger partial charge in [-0.2, -0.15) is 0 Å². The molecule has 0 saturated carbocycles. The lowest BCUT2D eigenvalue weighted by molar-refractivity contribution is 0.311. The molecule has 0 heterocycles. The summed E-state index contributed by atoms with van der Waals surface area (Å²) in [6, 6.07) is 5.62. The zero-order chi connectivity index (χ0) is 14.3. The fourth-order valence-corrected chi connectivity index (χ4v) is 2.28. The van der Waals surface area contributed by atoms with Gasteiger partial charge in [-0.15, -0.1) is 0 Å². The van der Waals surface area contributed by atoms with Gasteiger partial charge < -0.3 is 14.8 Å². The van der Waals surface area contributed by atoms with Crippen LogP contribution in [0.25, 0.3) is 0 Å². The molecule has 0 aliphatic heterocycles. The van der Waals surface area contributed by atoms with Gasteiger partial charge in [0.05, 0.1) is 19.5 Å². The van der Waals surface area contributed by atoms with Gasteiger partial charge in [0.1, 0.15) is 21.3 Å². The molecule has 0 amide bonds. The first-order valence-corrected chi connectivity index (χ1v) is 8.14. The first-order chi connectivity index (χ1) is 8.96. The highest BCUT2D eigenvalue weighted by Gasteiger charge is 2.07. The zero-order valence-electron chi connectivity index (χ0n) is 11.6. The van der Waals surface area contributed by atoms with Crippen LogP contribution >= 0.6 is 0 Å². The molecular formula is C13H21NO4S. The molecule has 1 aromatic carbocycles. The van der Waals surface area contributed by atoms with Crippen LogP contribution in [-0.4, -0.2) is 41.2 Å². The third-order valence-electron chi connectivity index (χ3n) is 2.56. The third kappa shape index (κ3) is 5.94. The largest absolute Gasteiger partial charge is 0.497 e. The molecule has 0 saturated heterocycles. The normalized spacial score (nSPS) is 11.3. The second-order valence-electron chi connectivity index (χ2n) is 4.34. The van der Waals surface area contributed by atoms with Crippen LogP contribution in [0.5, 0.6) is 11.5 Å². The smallest absolute Gasteiger partial charge is 0.147 e. The van der Waals surface area contributed by atoms with Gasteiger partial charge in [-0.25, -0.2) is 8.42 Å². The van der Waals surface area contributed by atoms with Crippen LogP contribution in [-0.2, 0) is 16.4 Å². The van der Waals surface area contributed by atoms with Crippen molar-refractivity contribution in [2.45, 2.75) is 13.0 Å². The van der Waals surface area contributed by atoms with Gasteiger partial charge in [-0.05, 0) is 19.5 Å². The minimum absolute atomic E-state index is 0.137. The molecular weight excluding hydrogens is 266 g/mol. The van der Waals surface area contributed by atoms with E-state index in [2.05, 4.69) is 5.32 Å². The van der Waals surface area contributed by atoms with Crippen LogP contribution in [0.4, 0.5) is 0 Å². The monoisotopic (exact) mass is 287 g/mol. The molecule has 6 heteroatoms. The summed E-state index contributed by atoms with van der Waals surface area (Å²) in [5.74, 6) is 1.58. The number of nitrogens with one attached hydrogen (secondary N) is 1. The number of ether oxygens (including phenoxy) is 2. The van der Waals surface area contributed by atoms with Crippen LogP contribution in [0.3, 0.4) is 0 Å². The van der Waals surface area contributed by atoms with Crippen LogP contribution in [0.2, 0.25) is 0 Å². The molecule has 0 aliphatic rings. The molecule has 1 rings (SSSR count). The maximum Gasteiger partial charge on any atom is 0.147 e. The summed E-state index contributed by atoms with van der Waals surface area (Å²) in [6.07, 6.45) is 1.71. The summed E-state index contributed by atoms with van der Waals surface area (Å²) in [5, 5.41) is 3.06. The third-order valence-corrected chi connectivity index (χ3v) is 3.59. The molecule has 19 heavy (non-hydrogen) atoms. The van der Waals surface area contributed by atoms with E-state index < -0.39 is 9.84 Å². The summed E-state index contributed by atoms with van der Waals surface area (Å²) >= 11 is 0. The molecule has 5 nitrogen and oxygen atoms in total. The summed E-state index contributed by atoms with van der Waals surface area (Å²) in [7, 11) is 0.528. The van der Waals surface area contributed by atoms with Crippen molar-refractivity contribution in [1.82, 2.24) is 5.32 Å². The Morgan fingerprint density at radius 3 is 2.63 bits per heavy atom. The van der Waals surface area contributed by atoms with Crippen molar-refractivity contribution in [1.29, 1.82) is 0 Å². The lowest BCUT2D eigenvalue weighted by Crippen LogP contribution is -2.11. The predicted octanol–water partition coefficient (Wildman–Crippen LogP) is 1.23. The van der Waals surface area contributed by atoms with Gasteiger partial charge in [0.15, 0.2) is 0 Å². The molecule has 0 fully saturated rings. The molecule has 1 N–H and O–H groups in total. The van der Waals surface area contributed by atoms with E-state index in [9.17, 15) is 8.42 Å². The molecule has 108 valence electrons. The second kappa shape index (κ2) is 7.35. The Balaban J connectivity index is 2.64. The highest BCUT2D eigenvalue weighted by Crippen LogP contribution is 2.24. The highest BCUT2D eigenvalue weighted by atomic mass is 32.2. The number of rotatable bonds is 8. The fraction of sp³-hybridized carbons (Fsp3) is 0.538. The van der Waals surface area contributed by atoms with Gasteiger partial charge in [-0.1, -0.05) is 6.07 Å². The van der Waals surface area contributed by atoms with Crippen molar-refractivity contribution >= 4 is 9.84 Å². The van der Waals surface area contributed by atoms with Gasteiger partial charge in [0.2, 0.25) is 0 Å². The molecule has 0 aliphatic carbocycles. The van der Waals surface area contributed by atoms with Crippen molar-refractivity contribution < 1.29 is 17.9 Å². The van der Waals surface area contributed by atoms with Gasteiger partial charge in [0.25, 0.3) is 0 Å². The minimum Gasteiger partial charge on any atom is -0.497 e. The number of benzene rings is 1. The number of hydrogen-bond donors (Lipinski definition) is 1. The molecule has 0 spiro atoms. The molecule has 0 aromatic heterocycles. The van der Waals surface area contributed by atoms with Crippen LogP contribution in [0, 0.1) is 0 Å². The molecule has 1 aromatic rings. The molecule has 0 unspecified atom stereocenters. The van der Waals surface area contributed by atoms with E-state index >= 15 is 0 Å². The first-order valence-electron chi connectivity index (χ1n) is 6.08. The van der Waals surface area contributed by atoms with Crippen LogP contribution < -0.4 is 14.8 Å². The average molecular weight is 287 g/mol. The lowest BCUT2D eigenvalue weighted by atomic mass is 10.2. The fourth-order valence-electron chi connectivity index (χ4n) is 1.64. The second-order valence-corrected chi connectivity index (χ2v) is 6.60.